The Bertz CT molecular complexity index is 2800. The lowest BCUT2D eigenvalue weighted by Gasteiger charge is -2.08. The Labute approximate surface area is 409 Å². The number of aromatic amines is 3. The maximum atomic E-state index is 7.86. The quantitative estimate of drug-likeness (QED) is 0.0294. The molecule has 10 nitrogen and oxygen atoms in total. The van der Waals surface area contributed by atoms with E-state index in [-0.39, 0.29) is 0 Å². The number of hydrogen-bond donors (Lipinski definition) is 6. The largest absolute Gasteiger partial charge is 0.399 e. The van der Waals surface area contributed by atoms with E-state index in [1.165, 1.54) is 50.1 Å². The van der Waals surface area contributed by atoms with Crippen LogP contribution in [0.1, 0.15) is 26.4 Å². The van der Waals surface area contributed by atoms with Gasteiger partial charge in [0.25, 0.3) is 0 Å². The minimum absolute atomic E-state index is 0.569. The van der Waals surface area contributed by atoms with E-state index in [0.717, 1.165) is 80.4 Å². The van der Waals surface area contributed by atoms with Gasteiger partial charge in [0.05, 0.1) is 15.4 Å². The molecule has 4 aromatic carbocycles. The van der Waals surface area contributed by atoms with Gasteiger partial charge in [-0.1, -0.05) is 58.0 Å². The maximum Gasteiger partial charge on any atom is 0.141 e. The lowest BCUT2D eigenvalue weighted by atomic mass is 10.1. The van der Waals surface area contributed by atoms with Gasteiger partial charge < -0.3 is 41.1 Å². The molecule has 5 heterocycles. The molecule has 14 heteroatoms. The third-order valence-electron chi connectivity index (χ3n) is 10.5. The minimum atomic E-state index is 0.569. The zero-order valence-electron chi connectivity index (χ0n) is 38.6. The zero-order chi connectivity index (χ0) is 47.0. The van der Waals surface area contributed by atoms with Crippen LogP contribution in [0.4, 0.5) is 11.4 Å². The van der Waals surface area contributed by atoms with Crippen LogP contribution >= 0.6 is 50.4 Å². The molecule has 9 rings (SSSR count). The van der Waals surface area contributed by atoms with Crippen LogP contribution in [0.2, 0.25) is 0 Å². The van der Waals surface area contributed by atoms with E-state index in [0.29, 0.717) is 10.9 Å². The summed E-state index contributed by atoms with van der Waals surface area (Å²) in [5, 5.41) is 16.3. The molecule has 344 valence electrons. The summed E-state index contributed by atoms with van der Waals surface area (Å²) in [6.45, 7) is 3.17. The summed E-state index contributed by atoms with van der Waals surface area (Å²) >= 11 is 8.21. The van der Waals surface area contributed by atoms with E-state index in [4.69, 9.17) is 16.9 Å². The molecule has 0 atom stereocenters. The fraction of sp³-hybridized carbons (Fsp3) is 0.231. The average Bonchev–Trinajstić information content (AvgIpc) is 4.16. The van der Waals surface area contributed by atoms with Crippen molar-refractivity contribution in [2.75, 3.05) is 67.7 Å². The molecule has 0 unspecified atom stereocenters. The molecule has 0 aliphatic carbocycles. The maximum absolute atomic E-state index is 7.86. The van der Waals surface area contributed by atoms with E-state index >= 15 is 0 Å². The van der Waals surface area contributed by atoms with Crippen LogP contribution in [0, 0.1) is 5.41 Å². The van der Waals surface area contributed by atoms with E-state index < -0.39 is 0 Å². The summed E-state index contributed by atoms with van der Waals surface area (Å²) in [4.78, 5) is 24.2. The summed E-state index contributed by atoms with van der Waals surface area (Å²) in [5.41, 5.74) is 21.1. The van der Waals surface area contributed by atoms with Crippen molar-refractivity contribution in [1.29, 1.82) is 5.41 Å². The molecule has 9 aromatic rings. The first-order chi connectivity index (χ1) is 31.8. The smallest absolute Gasteiger partial charge is 0.141 e. The van der Waals surface area contributed by atoms with Gasteiger partial charge in [0.1, 0.15) is 10.9 Å². The first kappa shape index (κ1) is 50.0. The third kappa shape index (κ3) is 15.0. The number of thiophene rings is 2. The van der Waals surface area contributed by atoms with Gasteiger partial charge >= 0.3 is 0 Å². The van der Waals surface area contributed by atoms with Crippen LogP contribution in [0.5, 0.6) is 0 Å². The lowest BCUT2D eigenvalue weighted by molar-refractivity contribution is 0.414. The van der Waals surface area contributed by atoms with E-state index in [9.17, 15) is 0 Å². The van der Waals surface area contributed by atoms with Gasteiger partial charge in [0, 0.05) is 86.0 Å². The van der Waals surface area contributed by atoms with E-state index in [2.05, 4.69) is 142 Å². The molecular formula is C52H61BrN10S3. The van der Waals surface area contributed by atoms with E-state index in [1.54, 1.807) is 22.7 Å². The van der Waals surface area contributed by atoms with Gasteiger partial charge in [0.15, 0.2) is 0 Å². The number of aromatic nitrogens is 3. The van der Waals surface area contributed by atoms with Crippen LogP contribution in [0.3, 0.4) is 0 Å². The molecule has 66 heavy (non-hydrogen) atoms. The Balaban J connectivity index is 0.000000148. The third-order valence-corrected chi connectivity index (χ3v) is 13.8. The van der Waals surface area contributed by atoms with Crippen LogP contribution in [-0.2, 0) is 19.3 Å². The Morgan fingerprint density at radius 1 is 0.606 bits per heavy atom. The van der Waals surface area contributed by atoms with Gasteiger partial charge in [-0.2, -0.15) is 0 Å². The fourth-order valence-corrected chi connectivity index (χ4v) is 9.44. The number of hydrogen-bond acceptors (Lipinski definition) is 9. The Morgan fingerprint density at radius 2 is 1.09 bits per heavy atom. The summed E-state index contributed by atoms with van der Waals surface area (Å²) in [6.07, 6.45) is 9.43. The number of rotatable bonds is 13. The summed E-state index contributed by atoms with van der Waals surface area (Å²) in [6, 6.07) is 36.4. The normalized spacial score (nSPS) is 11.5. The van der Waals surface area contributed by atoms with Crippen molar-refractivity contribution in [3.8, 4) is 0 Å². The monoisotopic (exact) mass is 1000 g/mol. The highest BCUT2D eigenvalue weighted by Gasteiger charge is 2.08. The second kappa shape index (κ2) is 24.9. The van der Waals surface area contributed by atoms with Crippen LogP contribution in [0.15, 0.2) is 153 Å². The molecule has 0 amide bonds. The van der Waals surface area contributed by atoms with E-state index in [1.807, 2.05) is 89.6 Å². The van der Waals surface area contributed by atoms with Crippen LogP contribution in [-0.4, -0.2) is 102 Å². The number of likely N-dealkylation sites (N-methyl/N-ethyl adjacent to an activating group) is 3. The minimum Gasteiger partial charge on any atom is -0.399 e. The van der Waals surface area contributed by atoms with Gasteiger partial charge in [-0.25, -0.2) is 4.99 Å². The fourth-order valence-electron chi connectivity index (χ4n) is 6.92. The van der Waals surface area contributed by atoms with Gasteiger partial charge in [-0.05, 0) is 168 Å². The van der Waals surface area contributed by atoms with Gasteiger partial charge in [-0.15, -0.1) is 22.7 Å². The van der Waals surface area contributed by atoms with Crippen molar-refractivity contribution < 1.29 is 0 Å². The highest BCUT2D eigenvalue weighted by molar-refractivity contribution is 9.10. The van der Waals surface area contributed by atoms with Crippen molar-refractivity contribution in [3.05, 3.63) is 169 Å². The standard InChI is InChI=1S/C17H20N4S.C12H15BrN2.C12H17N3.C11H9NS2/c1-21(2)8-7-12-11-19-15-6-5-13(10-14(12)15)20-17(18)16-4-3-9-22-16;2*1-15(2)6-5-9-8-14-12-4-3-10(13)7-11(9)12;12-11(10-7-4-8-13-10)14-9-5-2-1-3-6-9/h3-6,9-11,19H,7-8H2,1-2H3,(H2,18,20);3-4,7-8,14H,5-6H2,1-2H3;3-4,7-8,14H,5-6,13H2,1-2H3;1-8,12H. The highest BCUT2D eigenvalue weighted by Crippen LogP contribution is 2.27. The first-order valence-corrected chi connectivity index (χ1v) is 25.1. The second-order valence-electron chi connectivity index (χ2n) is 16.5. The number of thioether (sulfide) groups is 1. The SMILES string of the molecule is CN(C)CCc1c[nH]c2ccc(Br)cc12.CN(C)CCc1c[nH]c2ccc(N)cc12.CN(C)CCc1c[nH]c2ccc(N=C(N)c3cccs3)cc12.N=C(Sc1ccccc1)c1cccs1. The molecule has 0 aliphatic heterocycles. The Hall–Kier alpha value is -5.45. The molecule has 0 spiro atoms. The number of nitrogen functional groups attached to an aromatic ring is 1. The number of H-pyrrole nitrogens is 3. The number of aliphatic imine (C=N–C) groups is 1. The topological polar surface area (TPSA) is 145 Å². The molecule has 0 fully saturated rings. The van der Waals surface area contributed by atoms with Gasteiger partial charge in [0.2, 0.25) is 0 Å². The number of halogens is 1. The van der Waals surface area contributed by atoms with Crippen molar-refractivity contribution in [2.24, 2.45) is 10.7 Å². The molecule has 0 saturated carbocycles. The number of anilines is 1. The number of amidine groups is 1. The molecular weight excluding hydrogens is 941 g/mol. The molecule has 8 N–H and O–H groups in total. The van der Waals surface area contributed by atoms with Crippen molar-refractivity contribution in [1.82, 2.24) is 29.7 Å². The summed E-state index contributed by atoms with van der Waals surface area (Å²) in [5.74, 6) is 0.569. The van der Waals surface area contributed by atoms with Crippen molar-refractivity contribution in [2.45, 2.75) is 24.2 Å². The number of nitrogens with zero attached hydrogens (tertiary/aromatic N) is 4. The number of nitrogens with two attached hydrogens (primary N) is 2. The van der Waals surface area contributed by atoms with Crippen molar-refractivity contribution >= 4 is 105 Å². The number of nitrogens with one attached hydrogen (secondary N) is 4. The zero-order valence-corrected chi connectivity index (χ0v) is 42.6. The molecule has 0 saturated heterocycles. The highest BCUT2D eigenvalue weighted by atomic mass is 79.9. The van der Waals surface area contributed by atoms with Crippen LogP contribution < -0.4 is 11.5 Å². The molecule has 0 radical (unpaired) electrons. The molecule has 5 aromatic heterocycles. The first-order valence-electron chi connectivity index (χ1n) is 21.7. The predicted octanol–water partition coefficient (Wildman–Crippen LogP) is 12.1. The van der Waals surface area contributed by atoms with Crippen molar-refractivity contribution in [3.63, 3.8) is 0 Å². The molecule has 0 aliphatic rings. The summed E-state index contributed by atoms with van der Waals surface area (Å²) in [7, 11) is 12.6. The van der Waals surface area contributed by atoms with Crippen LogP contribution in [0.25, 0.3) is 32.7 Å². The Morgan fingerprint density at radius 3 is 1.61 bits per heavy atom. The number of benzene rings is 4. The number of fused-ring (bicyclic) bond motifs is 3. The average molecular weight is 1000 g/mol. The second-order valence-corrected chi connectivity index (χ2v) is 20.4. The van der Waals surface area contributed by atoms with Gasteiger partial charge in [-0.3, -0.25) is 5.41 Å². The lowest BCUT2D eigenvalue weighted by Crippen LogP contribution is -2.14. The summed E-state index contributed by atoms with van der Waals surface area (Å²) < 4.78 is 1.14. The molecule has 0 bridgehead atoms. The predicted molar refractivity (Wildman–Crippen MR) is 292 cm³/mol. The Kier molecular flexibility index (Phi) is 18.9.